The van der Waals surface area contributed by atoms with Crippen molar-refractivity contribution in [3.63, 3.8) is 0 Å². The van der Waals surface area contributed by atoms with Crippen LogP contribution in [-0.2, 0) is 16.2 Å². The number of pyridine rings is 1. The molecule has 2 aromatic heterocycles. The molecule has 0 N–H and O–H groups in total. The molecule has 3 heterocycles. The molecule has 0 saturated heterocycles. The Morgan fingerprint density at radius 2 is 1.11 bits per heavy atom. The van der Waals surface area contributed by atoms with Gasteiger partial charge in [0.05, 0.1) is 22.4 Å². The van der Waals surface area contributed by atoms with Crippen LogP contribution in [-0.4, -0.2) is 16.2 Å². The lowest BCUT2D eigenvalue weighted by molar-refractivity contribution is 0.483. The summed E-state index contributed by atoms with van der Waals surface area (Å²) < 4.78 is 9.27. The van der Waals surface area contributed by atoms with Crippen LogP contribution in [0.2, 0.25) is 0 Å². The first-order chi connectivity index (χ1) is 30.7. The second-order valence-corrected chi connectivity index (χ2v) is 19.9. The lowest BCUT2D eigenvalue weighted by Gasteiger charge is -2.29. The molecule has 5 heteroatoms. The Kier molecular flexibility index (Phi) is 9.98. The first kappa shape index (κ1) is 40.9. The zero-order valence-electron chi connectivity index (χ0n) is 38.2. The van der Waals surface area contributed by atoms with Gasteiger partial charge in [-0.15, -0.1) is 0 Å². The smallest absolute Gasteiger partial charge is 0.137 e. The highest BCUT2D eigenvalue weighted by atomic mass is 16.5. The average Bonchev–Trinajstić information content (AvgIpc) is 3.85. The van der Waals surface area contributed by atoms with Crippen molar-refractivity contribution in [3.8, 4) is 28.4 Å². The molecule has 7 aromatic carbocycles. The molecular weight excluding hydrogens is 781 g/mol. The van der Waals surface area contributed by atoms with E-state index in [4.69, 9.17) is 9.72 Å². The Bertz CT molecular complexity index is 3170. The lowest BCUT2D eigenvalue weighted by Crippen LogP contribution is -2.25. The van der Waals surface area contributed by atoms with Gasteiger partial charge in [0.1, 0.15) is 24.0 Å². The van der Waals surface area contributed by atoms with Gasteiger partial charge in [-0.2, -0.15) is 0 Å². The van der Waals surface area contributed by atoms with Crippen molar-refractivity contribution in [3.05, 3.63) is 204 Å². The first-order valence-corrected chi connectivity index (χ1v) is 22.5. The molecule has 0 bridgehead atoms. The third kappa shape index (κ3) is 7.49. The van der Waals surface area contributed by atoms with Gasteiger partial charge in [-0.3, -0.25) is 4.57 Å². The van der Waals surface area contributed by atoms with E-state index in [0.29, 0.717) is 6.67 Å². The molecule has 0 saturated carbocycles. The highest BCUT2D eigenvalue weighted by Gasteiger charge is 2.32. The van der Waals surface area contributed by atoms with E-state index in [2.05, 4.69) is 246 Å². The van der Waals surface area contributed by atoms with Crippen LogP contribution in [0.4, 0.5) is 22.7 Å². The maximum Gasteiger partial charge on any atom is 0.137 e. The van der Waals surface area contributed by atoms with Crippen molar-refractivity contribution in [2.45, 2.75) is 71.6 Å². The number of ether oxygens (including phenoxy) is 1. The molecule has 9 aromatic rings. The molecule has 64 heavy (non-hydrogen) atoms. The minimum atomic E-state index is -0.173. The molecule has 0 unspecified atom stereocenters. The number of rotatable bonds is 8. The fourth-order valence-electron chi connectivity index (χ4n) is 9.25. The van der Waals surface area contributed by atoms with E-state index in [1.54, 1.807) is 0 Å². The monoisotopic (exact) mass is 836 g/mol. The van der Waals surface area contributed by atoms with Gasteiger partial charge in [-0.1, -0.05) is 152 Å². The van der Waals surface area contributed by atoms with E-state index in [9.17, 15) is 0 Å². The van der Waals surface area contributed by atoms with Gasteiger partial charge in [0.2, 0.25) is 0 Å². The molecule has 5 nitrogen and oxygen atoms in total. The summed E-state index contributed by atoms with van der Waals surface area (Å²) in [5, 5.41) is 2.34. The predicted octanol–water partition coefficient (Wildman–Crippen LogP) is 15.8. The number of fused-ring (bicyclic) bond motifs is 4. The number of nitrogens with zero attached hydrogens (tertiary/aromatic N) is 4. The molecule has 0 radical (unpaired) electrons. The standard InChI is InChI=1S/C59H56N4O/c1-57(2,3)43-26-29-53-55(35-43)61(46-23-17-22-45(34-46)59(7,8)42-20-13-10-14-21-42)39-62(53)47-32-41(40-18-11-9-12-19-40)33-49(37-47)64-48-27-28-51-50-24-15-16-25-52(50)63(54(51)38-48)56-36-44(30-31-60-56)58(4,5)6/h9-38H,39H2,1-8H3. The average molecular weight is 837 g/mol. The van der Waals surface area contributed by atoms with Crippen LogP contribution < -0.4 is 14.5 Å². The summed E-state index contributed by atoms with van der Waals surface area (Å²) >= 11 is 0. The van der Waals surface area contributed by atoms with Crippen LogP contribution >= 0.6 is 0 Å². The lowest BCUT2D eigenvalue weighted by atomic mass is 9.78. The molecule has 1 aliphatic heterocycles. The number of benzene rings is 7. The van der Waals surface area contributed by atoms with E-state index in [1.807, 2.05) is 6.20 Å². The molecular formula is C59H56N4O. The van der Waals surface area contributed by atoms with Crippen molar-refractivity contribution in [1.82, 2.24) is 9.55 Å². The SMILES string of the molecule is CC(C)(C)c1ccnc(-n2c3ccccc3c3ccc(Oc4cc(-c5ccccc5)cc(N5CN(c6cccc(C(C)(C)c7ccccc7)c6)c6cc(C(C)(C)C)ccc65)c4)cc32)c1. The normalized spacial score (nSPS) is 13.2. The molecule has 10 rings (SSSR count). The number of hydrogen-bond donors (Lipinski definition) is 0. The molecule has 0 spiro atoms. The topological polar surface area (TPSA) is 33.5 Å². The maximum absolute atomic E-state index is 7.00. The zero-order chi connectivity index (χ0) is 44.4. The summed E-state index contributed by atoms with van der Waals surface area (Å²) in [6.45, 7) is 18.9. The van der Waals surface area contributed by atoms with Crippen LogP contribution in [0.15, 0.2) is 182 Å². The molecule has 318 valence electrons. The Labute approximate surface area is 378 Å². The second kappa shape index (κ2) is 15.6. The van der Waals surface area contributed by atoms with Gasteiger partial charge < -0.3 is 14.5 Å². The Balaban J connectivity index is 1.08. The number of anilines is 4. The van der Waals surface area contributed by atoms with Crippen LogP contribution in [0.1, 0.15) is 77.6 Å². The number of para-hydroxylation sites is 1. The first-order valence-electron chi connectivity index (χ1n) is 22.5. The molecule has 0 aliphatic carbocycles. The third-order valence-corrected chi connectivity index (χ3v) is 13.1. The summed E-state index contributed by atoms with van der Waals surface area (Å²) in [6, 6.07) is 63.6. The summed E-state index contributed by atoms with van der Waals surface area (Å²) in [7, 11) is 0. The summed E-state index contributed by atoms with van der Waals surface area (Å²) in [5.41, 5.74) is 13.9. The molecule has 0 atom stereocenters. The van der Waals surface area contributed by atoms with E-state index in [1.165, 1.54) is 39.0 Å². The van der Waals surface area contributed by atoms with Gasteiger partial charge >= 0.3 is 0 Å². The zero-order valence-corrected chi connectivity index (χ0v) is 38.2. The van der Waals surface area contributed by atoms with Gasteiger partial charge in [0, 0.05) is 45.9 Å². The van der Waals surface area contributed by atoms with Crippen LogP contribution in [0, 0.1) is 0 Å². The van der Waals surface area contributed by atoms with E-state index < -0.39 is 0 Å². The maximum atomic E-state index is 7.00. The highest BCUT2D eigenvalue weighted by Crippen LogP contribution is 2.48. The van der Waals surface area contributed by atoms with E-state index in [-0.39, 0.29) is 16.2 Å². The summed E-state index contributed by atoms with van der Waals surface area (Å²) in [5.74, 6) is 2.42. The third-order valence-electron chi connectivity index (χ3n) is 13.1. The van der Waals surface area contributed by atoms with E-state index in [0.717, 1.165) is 56.2 Å². The fraction of sp³-hybridized carbons (Fsp3) is 0.203. The minimum Gasteiger partial charge on any atom is -0.457 e. The van der Waals surface area contributed by atoms with Crippen molar-refractivity contribution in [1.29, 1.82) is 0 Å². The predicted molar refractivity (Wildman–Crippen MR) is 269 cm³/mol. The molecule has 0 fully saturated rings. The summed E-state index contributed by atoms with van der Waals surface area (Å²) in [6.07, 6.45) is 1.93. The van der Waals surface area contributed by atoms with Crippen molar-refractivity contribution in [2.75, 3.05) is 16.5 Å². The van der Waals surface area contributed by atoms with Crippen molar-refractivity contribution in [2.24, 2.45) is 0 Å². The Morgan fingerprint density at radius 1 is 0.438 bits per heavy atom. The fourth-order valence-corrected chi connectivity index (χ4v) is 9.25. The quantitative estimate of drug-likeness (QED) is 0.153. The number of aromatic nitrogens is 2. The number of hydrogen-bond acceptors (Lipinski definition) is 4. The van der Waals surface area contributed by atoms with Crippen LogP contribution in [0.3, 0.4) is 0 Å². The highest BCUT2D eigenvalue weighted by molar-refractivity contribution is 6.09. The van der Waals surface area contributed by atoms with Gasteiger partial charge in [0.15, 0.2) is 0 Å². The van der Waals surface area contributed by atoms with Gasteiger partial charge in [-0.05, 0) is 111 Å². The largest absolute Gasteiger partial charge is 0.457 e. The van der Waals surface area contributed by atoms with Crippen LogP contribution in [0.5, 0.6) is 11.5 Å². The Morgan fingerprint density at radius 3 is 1.88 bits per heavy atom. The van der Waals surface area contributed by atoms with E-state index >= 15 is 0 Å². The van der Waals surface area contributed by atoms with Crippen molar-refractivity contribution < 1.29 is 4.74 Å². The van der Waals surface area contributed by atoms with Crippen molar-refractivity contribution >= 4 is 44.6 Å². The Hall–Kier alpha value is -7.11. The molecule has 1 aliphatic rings. The van der Waals surface area contributed by atoms with Crippen LogP contribution in [0.25, 0.3) is 38.8 Å². The second-order valence-electron chi connectivity index (χ2n) is 19.9. The van der Waals surface area contributed by atoms with Gasteiger partial charge in [-0.25, -0.2) is 4.98 Å². The minimum absolute atomic E-state index is 0.0161. The summed E-state index contributed by atoms with van der Waals surface area (Å²) in [4.78, 5) is 9.83. The van der Waals surface area contributed by atoms with Gasteiger partial charge in [0.25, 0.3) is 0 Å². The molecule has 0 amide bonds.